The molecular formula is C12H9N3O2S. The van der Waals surface area contributed by atoms with Crippen molar-refractivity contribution < 1.29 is 9.90 Å². The van der Waals surface area contributed by atoms with E-state index in [2.05, 4.69) is 9.47 Å². The number of hydrogen-bond donors (Lipinski definition) is 1. The summed E-state index contributed by atoms with van der Waals surface area (Å²) in [4.78, 5) is 11.0. The first kappa shape index (κ1) is 10.9. The van der Waals surface area contributed by atoms with Crippen molar-refractivity contribution >= 4 is 28.4 Å². The summed E-state index contributed by atoms with van der Waals surface area (Å²) in [5.74, 6) is -0.965. The van der Waals surface area contributed by atoms with Crippen molar-refractivity contribution in [3.05, 3.63) is 41.7 Å². The summed E-state index contributed by atoms with van der Waals surface area (Å²) in [6.07, 6.45) is 1.53. The molecule has 18 heavy (non-hydrogen) atoms. The normalized spacial score (nSPS) is 10.9. The lowest BCUT2D eigenvalue weighted by atomic mass is 10.2. The Hall–Kier alpha value is -2.21. The van der Waals surface area contributed by atoms with E-state index in [0.717, 1.165) is 15.9 Å². The number of carboxylic acids is 1. The Bertz CT molecular complexity index is 745. The molecule has 0 aliphatic heterocycles. The Balaban J connectivity index is 2.20. The van der Waals surface area contributed by atoms with Gasteiger partial charge in [0.25, 0.3) is 0 Å². The van der Waals surface area contributed by atoms with Crippen molar-refractivity contribution in [2.45, 2.75) is 6.92 Å². The molecule has 0 aliphatic carbocycles. The summed E-state index contributed by atoms with van der Waals surface area (Å²) in [7, 11) is 0. The summed E-state index contributed by atoms with van der Waals surface area (Å²) in [6.45, 7) is 1.68. The van der Waals surface area contributed by atoms with Gasteiger partial charge in [-0.25, -0.2) is 9.48 Å². The molecule has 1 aromatic carbocycles. The molecule has 90 valence electrons. The van der Waals surface area contributed by atoms with E-state index in [-0.39, 0.29) is 5.56 Å². The first-order valence-electron chi connectivity index (χ1n) is 5.31. The molecule has 0 fully saturated rings. The lowest BCUT2D eigenvalue weighted by molar-refractivity contribution is 0.0696. The van der Waals surface area contributed by atoms with Gasteiger partial charge in [0.15, 0.2) is 0 Å². The van der Waals surface area contributed by atoms with Crippen LogP contribution in [0.4, 0.5) is 0 Å². The second-order valence-corrected chi connectivity index (χ2v) is 4.63. The number of benzene rings is 1. The lowest BCUT2D eigenvalue weighted by Gasteiger charge is -1.95. The number of fused-ring (bicyclic) bond motifs is 1. The molecule has 3 rings (SSSR count). The van der Waals surface area contributed by atoms with Crippen LogP contribution in [0.3, 0.4) is 0 Å². The Kier molecular flexibility index (Phi) is 2.38. The summed E-state index contributed by atoms with van der Waals surface area (Å²) in [6, 6.07) is 7.72. The van der Waals surface area contributed by atoms with Crippen LogP contribution in [0, 0.1) is 6.92 Å². The molecule has 0 atom stereocenters. The number of carboxylic acid groups (broad SMARTS) is 1. The second kappa shape index (κ2) is 3.92. The maximum atomic E-state index is 11.0. The number of hydrogen-bond acceptors (Lipinski definition) is 4. The third-order valence-corrected chi connectivity index (χ3v) is 3.57. The number of aromatic carboxylic acids is 1. The summed E-state index contributed by atoms with van der Waals surface area (Å²) in [5.41, 5.74) is 1.61. The van der Waals surface area contributed by atoms with Gasteiger partial charge in [-0.05, 0) is 30.6 Å². The zero-order valence-electron chi connectivity index (χ0n) is 9.49. The summed E-state index contributed by atoms with van der Waals surface area (Å²) in [5, 5.41) is 15.1. The van der Waals surface area contributed by atoms with Gasteiger partial charge in [-0.15, -0.1) is 0 Å². The minimum atomic E-state index is -0.965. The van der Waals surface area contributed by atoms with Crippen LogP contribution in [-0.2, 0) is 0 Å². The van der Waals surface area contributed by atoms with Gasteiger partial charge in [0.2, 0.25) is 0 Å². The standard InChI is InChI=1S/C12H9N3O2S/c1-7-9(12(16)17)6-15(13-7)11-8-4-2-3-5-10(8)14-18-11/h2-6H,1H3,(H,16,17). The number of aryl methyl sites for hydroxylation is 1. The van der Waals surface area contributed by atoms with Gasteiger partial charge >= 0.3 is 5.97 Å². The number of nitrogens with zero attached hydrogens (tertiary/aromatic N) is 3. The summed E-state index contributed by atoms with van der Waals surface area (Å²) >= 11 is 1.31. The van der Waals surface area contributed by atoms with Crippen LogP contribution in [0.15, 0.2) is 30.5 Å². The molecule has 3 aromatic rings. The van der Waals surface area contributed by atoms with Gasteiger partial charge in [-0.1, -0.05) is 12.1 Å². The molecule has 0 bridgehead atoms. The Labute approximate surface area is 106 Å². The van der Waals surface area contributed by atoms with Gasteiger partial charge in [0.05, 0.1) is 11.2 Å². The Morgan fingerprint density at radius 2 is 2.17 bits per heavy atom. The largest absolute Gasteiger partial charge is 0.478 e. The molecule has 0 radical (unpaired) electrons. The highest BCUT2D eigenvalue weighted by Gasteiger charge is 2.15. The maximum Gasteiger partial charge on any atom is 0.339 e. The fourth-order valence-corrected chi connectivity index (χ4v) is 2.61. The van der Waals surface area contributed by atoms with E-state index in [4.69, 9.17) is 5.11 Å². The van der Waals surface area contributed by atoms with E-state index in [1.165, 1.54) is 17.7 Å². The van der Waals surface area contributed by atoms with Crippen molar-refractivity contribution in [2.75, 3.05) is 0 Å². The van der Waals surface area contributed by atoms with Crippen LogP contribution in [0.25, 0.3) is 15.9 Å². The van der Waals surface area contributed by atoms with Crippen LogP contribution in [-0.4, -0.2) is 25.2 Å². The second-order valence-electron chi connectivity index (χ2n) is 3.88. The van der Waals surface area contributed by atoms with Gasteiger partial charge in [0, 0.05) is 11.6 Å². The zero-order chi connectivity index (χ0) is 12.7. The van der Waals surface area contributed by atoms with E-state index in [9.17, 15) is 4.79 Å². The lowest BCUT2D eigenvalue weighted by Crippen LogP contribution is -1.95. The molecule has 0 saturated heterocycles. The van der Waals surface area contributed by atoms with Crippen molar-refractivity contribution in [1.29, 1.82) is 0 Å². The molecule has 5 nitrogen and oxygen atoms in total. The van der Waals surface area contributed by atoms with Crippen LogP contribution < -0.4 is 0 Å². The van der Waals surface area contributed by atoms with Gasteiger partial charge in [-0.2, -0.15) is 9.47 Å². The highest BCUT2D eigenvalue weighted by atomic mass is 32.1. The molecule has 0 aliphatic rings. The number of carbonyl (C=O) groups is 1. The van der Waals surface area contributed by atoms with E-state index >= 15 is 0 Å². The average molecular weight is 259 g/mol. The number of rotatable bonds is 2. The molecule has 2 heterocycles. The van der Waals surface area contributed by atoms with Crippen LogP contribution >= 0.6 is 11.5 Å². The fraction of sp³-hybridized carbons (Fsp3) is 0.0833. The van der Waals surface area contributed by atoms with Gasteiger partial charge < -0.3 is 5.11 Å². The quantitative estimate of drug-likeness (QED) is 0.767. The topological polar surface area (TPSA) is 68.0 Å². The van der Waals surface area contributed by atoms with Crippen LogP contribution in [0.2, 0.25) is 0 Å². The number of aromatic nitrogens is 3. The monoisotopic (exact) mass is 259 g/mol. The van der Waals surface area contributed by atoms with Gasteiger partial charge in [0.1, 0.15) is 10.6 Å². The third kappa shape index (κ3) is 1.58. The first-order chi connectivity index (χ1) is 8.66. The Morgan fingerprint density at radius 3 is 2.89 bits per heavy atom. The summed E-state index contributed by atoms with van der Waals surface area (Å²) < 4.78 is 5.89. The Morgan fingerprint density at radius 1 is 1.39 bits per heavy atom. The first-order valence-corrected chi connectivity index (χ1v) is 6.08. The van der Waals surface area contributed by atoms with Crippen molar-refractivity contribution in [1.82, 2.24) is 14.2 Å². The molecule has 0 spiro atoms. The van der Waals surface area contributed by atoms with E-state index in [1.807, 2.05) is 24.3 Å². The maximum absolute atomic E-state index is 11.0. The van der Waals surface area contributed by atoms with Crippen LogP contribution in [0.1, 0.15) is 16.1 Å². The van der Waals surface area contributed by atoms with Crippen molar-refractivity contribution in [3.63, 3.8) is 0 Å². The van der Waals surface area contributed by atoms with Crippen LogP contribution in [0.5, 0.6) is 0 Å². The van der Waals surface area contributed by atoms with E-state index in [1.54, 1.807) is 11.6 Å². The van der Waals surface area contributed by atoms with Gasteiger partial charge in [-0.3, -0.25) is 0 Å². The van der Waals surface area contributed by atoms with E-state index < -0.39 is 5.97 Å². The molecule has 0 unspecified atom stereocenters. The predicted molar refractivity (Wildman–Crippen MR) is 68.4 cm³/mol. The smallest absolute Gasteiger partial charge is 0.339 e. The molecule has 0 saturated carbocycles. The molecular weight excluding hydrogens is 250 g/mol. The van der Waals surface area contributed by atoms with E-state index in [0.29, 0.717) is 5.69 Å². The highest BCUT2D eigenvalue weighted by Crippen LogP contribution is 2.26. The fourth-order valence-electron chi connectivity index (χ4n) is 1.81. The molecule has 0 amide bonds. The third-order valence-electron chi connectivity index (χ3n) is 2.70. The average Bonchev–Trinajstić information content (AvgIpc) is 2.92. The SMILES string of the molecule is Cc1nn(-c2snc3ccccc23)cc1C(=O)O. The molecule has 1 N–H and O–H groups in total. The molecule has 2 aromatic heterocycles. The highest BCUT2D eigenvalue weighted by molar-refractivity contribution is 7.10. The zero-order valence-corrected chi connectivity index (χ0v) is 10.3. The minimum absolute atomic E-state index is 0.215. The van der Waals surface area contributed by atoms with Crippen molar-refractivity contribution in [3.8, 4) is 5.00 Å². The molecule has 6 heteroatoms. The van der Waals surface area contributed by atoms with Crippen molar-refractivity contribution in [2.24, 2.45) is 0 Å². The predicted octanol–water partition coefficient (Wildman–Crippen LogP) is 2.49. The minimum Gasteiger partial charge on any atom is -0.478 e.